The van der Waals surface area contributed by atoms with Crippen molar-refractivity contribution in [1.29, 1.82) is 0 Å². The van der Waals surface area contributed by atoms with Gasteiger partial charge in [-0.25, -0.2) is 4.79 Å². The first kappa shape index (κ1) is 22.0. The lowest BCUT2D eigenvalue weighted by atomic mass is 9.72. The number of hydrogen-bond acceptors (Lipinski definition) is 7. The number of benzene rings is 1. The number of ether oxygens (including phenoxy) is 1. The van der Waals surface area contributed by atoms with Crippen molar-refractivity contribution in [2.24, 2.45) is 0 Å². The normalized spacial score (nSPS) is 20.6. The Labute approximate surface area is 189 Å². The summed E-state index contributed by atoms with van der Waals surface area (Å²) < 4.78 is 5.42. The number of thiophene rings is 1. The Balaban J connectivity index is 1.82. The van der Waals surface area contributed by atoms with Crippen LogP contribution in [0.4, 0.5) is 5.69 Å². The molecule has 1 aromatic heterocycles. The Morgan fingerprint density at radius 2 is 2.09 bits per heavy atom. The lowest BCUT2D eigenvalue weighted by Crippen LogP contribution is -2.36. The molecule has 1 aromatic carbocycles. The van der Waals surface area contributed by atoms with E-state index in [1.54, 1.807) is 30.4 Å². The maximum Gasteiger partial charge on any atom is 0.336 e. The summed E-state index contributed by atoms with van der Waals surface area (Å²) in [6.07, 6.45) is 1.65. The van der Waals surface area contributed by atoms with E-state index in [1.165, 1.54) is 12.1 Å². The Bertz CT molecular complexity index is 1130. The van der Waals surface area contributed by atoms with Crippen molar-refractivity contribution in [2.75, 3.05) is 6.61 Å². The van der Waals surface area contributed by atoms with Gasteiger partial charge in [0.15, 0.2) is 5.78 Å². The topological polar surface area (TPSA) is 98.5 Å². The number of carbonyl (C=O) groups excluding carboxylic acids is 2. The predicted octanol–water partition coefficient (Wildman–Crippen LogP) is 4.97. The van der Waals surface area contributed by atoms with E-state index in [2.05, 4.69) is 5.32 Å². The molecule has 166 valence electrons. The van der Waals surface area contributed by atoms with Gasteiger partial charge in [-0.1, -0.05) is 25.1 Å². The first-order valence-electron chi connectivity index (χ1n) is 10.6. The average Bonchev–Trinajstić information content (AvgIpc) is 3.31. The van der Waals surface area contributed by atoms with Crippen LogP contribution in [0.1, 0.15) is 55.4 Å². The SMILES string of the molecule is CCCOC(=O)C1=C(C)NC2=C(C(=O)C[C@@H](c3cccs3)C2)[C@@H]1c1cccc([N+](=O)[O-])c1. The zero-order valence-corrected chi connectivity index (χ0v) is 18.7. The van der Waals surface area contributed by atoms with Gasteiger partial charge in [0, 0.05) is 52.2 Å². The van der Waals surface area contributed by atoms with Gasteiger partial charge in [0.25, 0.3) is 5.69 Å². The maximum atomic E-state index is 13.4. The lowest BCUT2D eigenvalue weighted by Gasteiger charge is -2.36. The summed E-state index contributed by atoms with van der Waals surface area (Å²) in [4.78, 5) is 38.5. The summed E-state index contributed by atoms with van der Waals surface area (Å²) in [6.45, 7) is 3.95. The summed E-state index contributed by atoms with van der Waals surface area (Å²) >= 11 is 1.62. The Kier molecular flexibility index (Phi) is 6.23. The van der Waals surface area contributed by atoms with Crippen molar-refractivity contribution in [3.8, 4) is 0 Å². The summed E-state index contributed by atoms with van der Waals surface area (Å²) in [5.74, 6) is -1.19. The van der Waals surface area contributed by atoms with Crippen LogP contribution in [-0.4, -0.2) is 23.3 Å². The zero-order valence-electron chi connectivity index (χ0n) is 17.9. The number of non-ortho nitro benzene ring substituents is 1. The molecule has 0 bridgehead atoms. The minimum absolute atomic E-state index is 0.0538. The molecule has 2 atom stereocenters. The molecule has 0 spiro atoms. The number of rotatable bonds is 6. The molecule has 1 aliphatic carbocycles. The van der Waals surface area contributed by atoms with Crippen LogP contribution in [0.5, 0.6) is 0 Å². The number of nitrogens with one attached hydrogen (secondary N) is 1. The molecule has 0 saturated carbocycles. The average molecular weight is 453 g/mol. The summed E-state index contributed by atoms with van der Waals surface area (Å²) in [6, 6.07) is 10.2. The number of allylic oxidation sites excluding steroid dienone is 3. The second-order valence-corrected chi connectivity index (χ2v) is 9.00. The van der Waals surface area contributed by atoms with E-state index in [1.807, 2.05) is 24.4 Å². The number of ketones is 1. The number of nitrogens with zero attached hydrogens (tertiary/aromatic N) is 1. The molecule has 0 saturated heterocycles. The van der Waals surface area contributed by atoms with E-state index >= 15 is 0 Å². The highest BCUT2D eigenvalue weighted by atomic mass is 32.1. The van der Waals surface area contributed by atoms with Crippen molar-refractivity contribution in [1.82, 2.24) is 5.32 Å². The van der Waals surface area contributed by atoms with E-state index in [0.717, 1.165) is 10.6 Å². The van der Waals surface area contributed by atoms with E-state index in [9.17, 15) is 19.7 Å². The quantitative estimate of drug-likeness (QED) is 0.377. The van der Waals surface area contributed by atoms with E-state index < -0.39 is 16.8 Å². The standard InChI is InChI=1S/C24H24N2O5S/c1-3-9-31-24(28)21-14(2)25-18-12-16(20-8-5-10-32-20)13-19(27)23(18)22(21)15-6-4-7-17(11-15)26(29)30/h4-8,10-11,16,22,25H,3,9,12-13H2,1-2H3/t16-,22+/m0/s1. The van der Waals surface area contributed by atoms with E-state index in [-0.39, 0.29) is 24.0 Å². The number of carbonyl (C=O) groups is 2. The molecule has 32 heavy (non-hydrogen) atoms. The van der Waals surface area contributed by atoms with Gasteiger partial charge in [0.1, 0.15) is 0 Å². The highest BCUT2D eigenvalue weighted by Gasteiger charge is 2.41. The second-order valence-electron chi connectivity index (χ2n) is 8.02. The van der Waals surface area contributed by atoms with Gasteiger partial charge in [-0.3, -0.25) is 14.9 Å². The summed E-state index contributed by atoms with van der Waals surface area (Å²) in [5, 5.41) is 16.7. The van der Waals surface area contributed by atoms with Gasteiger partial charge in [-0.05, 0) is 36.8 Å². The lowest BCUT2D eigenvalue weighted by molar-refractivity contribution is -0.384. The molecule has 0 fully saturated rings. The van der Waals surface area contributed by atoms with E-state index in [4.69, 9.17) is 4.74 Å². The van der Waals surface area contributed by atoms with Crippen LogP contribution in [0.25, 0.3) is 0 Å². The van der Waals surface area contributed by atoms with Crippen LogP contribution >= 0.6 is 11.3 Å². The number of esters is 1. The first-order chi connectivity index (χ1) is 15.4. The third-order valence-electron chi connectivity index (χ3n) is 5.84. The molecule has 0 radical (unpaired) electrons. The molecule has 2 aliphatic rings. The number of Topliss-reactive ketones (excluding diaryl/α,β-unsaturated/α-hetero) is 1. The number of hydrogen-bond donors (Lipinski definition) is 1. The van der Waals surface area contributed by atoms with Crippen LogP contribution in [-0.2, 0) is 14.3 Å². The Morgan fingerprint density at radius 1 is 1.28 bits per heavy atom. The van der Waals surface area contributed by atoms with Crippen molar-refractivity contribution < 1.29 is 19.2 Å². The highest BCUT2D eigenvalue weighted by molar-refractivity contribution is 7.10. The second kappa shape index (κ2) is 9.08. The molecular weight excluding hydrogens is 428 g/mol. The van der Waals surface area contributed by atoms with Crippen molar-refractivity contribution in [2.45, 2.75) is 44.9 Å². The minimum Gasteiger partial charge on any atom is -0.462 e. The number of nitro benzene ring substituents is 1. The molecule has 2 aromatic rings. The Morgan fingerprint density at radius 3 is 2.78 bits per heavy atom. The van der Waals surface area contributed by atoms with Gasteiger partial charge in [-0.2, -0.15) is 0 Å². The molecule has 4 rings (SSSR count). The van der Waals surface area contributed by atoms with Crippen LogP contribution < -0.4 is 5.32 Å². The first-order valence-corrected chi connectivity index (χ1v) is 11.5. The molecule has 0 unspecified atom stereocenters. The summed E-state index contributed by atoms with van der Waals surface area (Å²) in [7, 11) is 0. The van der Waals surface area contributed by atoms with Gasteiger partial charge in [-0.15, -0.1) is 11.3 Å². The molecule has 1 aliphatic heterocycles. The largest absolute Gasteiger partial charge is 0.462 e. The molecule has 7 nitrogen and oxygen atoms in total. The molecule has 8 heteroatoms. The smallest absolute Gasteiger partial charge is 0.336 e. The molecule has 2 heterocycles. The number of dihydropyridines is 1. The molecule has 0 amide bonds. The van der Waals surface area contributed by atoms with Gasteiger partial charge in [0.05, 0.1) is 17.1 Å². The maximum absolute atomic E-state index is 13.4. The monoisotopic (exact) mass is 452 g/mol. The molecular formula is C24H24N2O5S. The highest BCUT2D eigenvalue weighted by Crippen LogP contribution is 2.46. The fraction of sp³-hybridized carbons (Fsp3) is 0.333. The fourth-order valence-corrected chi connectivity index (χ4v) is 5.29. The van der Waals surface area contributed by atoms with Gasteiger partial charge < -0.3 is 10.1 Å². The summed E-state index contributed by atoms with van der Waals surface area (Å²) in [5.41, 5.74) is 2.69. The molecule has 1 N–H and O–H groups in total. The van der Waals surface area contributed by atoms with E-state index in [0.29, 0.717) is 41.7 Å². The third-order valence-corrected chi connectivity index (χ3v) is 6.88. The van der Waals surface area contributed by atoms with Crippen LogP contribution in [0.3, 0.4) is 0 Å². The van der Waals surface area contributed by atoms with Crippen LogP contribution in [0, 0.1) is 10.1 Å². The number of nitro groups is 1. The van der Waals surface area contributed by atoms with Gasteiger partial charge in [0.2, 0.25) is 0 Å². The third kappa shape index (κ3) is 4.10. The Hall–Kier alpha value is -3.26. The van der Waals surface area contributed by atoms with Crippen LogP contribution in [0.15, 0.2) is 64.3 Å². The minimum atomic E-state index is -0.702. The van der Waals surface area contributed by atoms with Crippen LogP contribution in [0.2, 0.25) is 0 Å². The fourth-order valence-electron chi connectivity index (χ4n) is 4.46. The van der Waals surface area contributed by atoms with Crippen molar-refractivity contribution in [3.63, 3.8) is 0 Å². The van der Waals surface area contributed by atoms with Crippen molar-refractivity contribution >= 4 is 28.8 Å². The predicted molar refractivity (Wildman–Crippen MR) is 121 cm³/mol. The van der Waals surface area contributed by atoms with Crippen molar-refractivity contribution in [3.05, 3.63) is 84.9 Å². The zero-order chi connectivity index (χ0) is 22.8. The van der Waals surface area contributed by atoms with Gasteiger partial charge >= 0.3 is 5.97 Å².